The van der Waals surface area contributed by atoms with Crippen molar-refractivity contribution >= 4 is 5.97 Å². The van der Waals surface area contributed by atoms with Crippen LogP contribution < -0.4 is 0 Å². The number of hydrogen-bond acceptors (Lipinski definition) is 2. The number of hydrogen-bond donors (Lipinski definition) is 0. The molecule has 78 valence electrons. The van der Waals surface area contributed by atoms with Gasteiger partial charge in [0.2, 0.25) is 0 Å². The van der Waals surface area contributed by atoms with Gasteiger partial charge in [-0.25, -0.2) is 9.18 Å². The summed E-state index contributed by atoms with van der Waals surface area (Å²) < 4.78 is 17.8. The summed E-state index contributed by atoms with van der Waals surface area (Å²) >= 11 is 0. The fourth-order valence-electron chi connectivity index (χ4n) is 1.21. The van der Waals surface area contributed by atoms with Crippen LogP contribution in [-0.4, -0.2) is 13.1 Å². The second kappa shape index (κ2) is 5.16. The lowest BCUT2D eigenvalue weighted by Crippen LogP contribution is -2.04. The molecule has 2 nitrogen and oxygen atoms in total. The van der Waals surface area contributed by atoms with Crippen molar-refractivity contribution in [3.63, 3.8) is 0 Å². The van der Waals surface area contributed by atoms with E-state index in [1.54, 1.807) is 6.07 Å². The number of carbonyl (C=O) groups excluding carboxylic acids is 1. The first-order valence-corrected chi connectivity index (χ1v) is 4.49. The van der Waals surface area contributed by atoms with Gasteiger partial charge in [0.1, 0.15) is 5.82 Å². The third-order valence-corrected chi connectivity index (χ3v) is 2.00. The molecule has 0 radical (unpaired) electrons. The Morgan fingerprint density at radius 2 is 2.33 bits per heavy atom. The summed E-state index contributed by atoms with van der Waals surface area (Å²) in [6.07, 6.45) is 6.25. The molecule has 1 aromatic carbocycles. The van der Waals surface area contributed by atoms with Crippen LogP contribution in [0.2, 0.25) is 0 Å². The molecule has 0 spiro atoms. The molecule has 3 heteroatoms. The van der Waals surface area contributed by atoms with Crippen molar-refractivity contribution in [2.75, 3.05) is 7.11 Å². The van der Waals surface area contributed by atoms with Crippen LogP contribution in [0.1, 0.15) is 22.3 Å². The van der Waals surface area contributed by atoms with Crippen LogP contribution >= 0.6 is 0 Å². The zero-order valence-corrected chi connectivity index (χ0v) is 8.42. The number of terminal acetylenes is 1. The number of benzene rings is 1. The molecule has 0 saturated carbocycles. The number of esters is 1. The molecule has 0 aromatic heterocycles. The molecule has 0 heterocycles. The summed E-state index contributed by atoms with van der Waals surface area (Å²) in [7, 11) is 1.22. The molecule has 15 heavy (non-hydrogen) atoms. The highest BCUT2D eigenvalue weighted by molar-refractivity contribution is 5.89. The molecular formula is C12H11FO2. The fraction of sp³-hybridized carbons (Fsp3) is 0.250. The van der Waals surface area contributed by atoms with E-state index >= 15 is 0 Å². The molecule has 0 saturated heterocycles. The minimum atomic E-state index is -0.670. The first-order chi connectivity index (χ1) is 7.19. The molecule has 0 aliphatic rings. The minimum Gasteiger partial charge on any atom is -0.465 e. The third-order valence-electron chi connectivity index (χ3n) is 2.00. The predicted molar refractivity (Wildman–Crippen MR) is 54.9 cm³/mol. The van der Waals surface area contributed by atoms with Crippen molar-refractivity contribution in [3.05, 3.63) is 35.1 Å². The number of ether oxygens (including phenoxy) is 1. The van der Waals surface area contributed by atoms with Gasteiger partial charge in [-0.3, -0.25) is 0 Å². The van der Waals surface area contributed by atoms with Crippen molar-refractivity contribution < 1.29 is 13.9 Å². The van der Waals surface area contributed by atoms with E-state index in [-0.39, 0.29) is 5.56 Å². The van der Waals surface area contributed by atoms with Gasteiger partial charge in [0.15, 0.2) is 0 Å². The SMILES string of the molecule is C#CCCc1ccc(C(=O)OC)c(F)c1. The number of carbonyl (C=O) groups is 1. The van der Waals surface area contributed by atoms with Gasteiger partial charge in [0, 0.05) is 6.42 Å². The van der Waals surface area contributed by atoms with Gasteiger partial charge < -0.3 is 4.74 Å². The summed E-state index contributed by atoms with van der Waals surface area (Å²) in [5, 5.41) is 0. The Morgan fingerprint density at radius 1 is 1.60 bits per heavy atom. The average Bonchev–Trinajstić information content (AvgIpc) is 2.25. The summed E-state index contributed by atoms with van der Waals surface area (Å²) in [4.78, 5) is 11.1. The zero-order valence-electron chi connectivity index (χ0n) is 8.42. The van der Waals surface area contributed by atoms with Crippen molar-refractivity contribution in [1.29, 1.82) is 0 Å². The number of halogens is 1. The molecule has 0 atom stereocenters. The maximum Gasteiger partial charge on any atom is 0.340 e. The van der Waals surface area contributed by atoms with E-state index in [2.05, 4.69) is 10.7 Å². The predicted octanol–water partition coefficient (Wildman–Crippen LogP) is 2.18. The van der Waals surface area contributed by atoms with E-state index in [0.717, 1.165) is 5.56 Å². The number of aryl methyl sites for hydroxylation is 1. The van der Waals surface area contributed by atoms with Crippen LogP contribution in [0.3, 0.4) is 0 Å². The third kappa shape index (κ3) is 2.81. The van der Waals surface area contributed by atoms with Crippen molar-refractivity contribution in [2.24, 2.45) is 0 Å². The lowest BCUT2D eigenvalue weighted by atomic mass is 10.1. The second-order valence-corrected chi connectivity index (χ2v) is 3.01. The van der Waals surface area contributed by atoms with Gasteiger partial charge in [-0.2, -0.15) is 0 Å². The van der Waals surface area contributed by atoms with Gasteiger partial charge in [0.25, 0.3) is 0 Å². The Kier molecular flexibility index (Phi) is 3.87. The number of methoxy groups -OCH3 is 1. The van der Waals surface area contributed by atoms with Crippen LogP contribution in [-0.2, 0) is 11.2 Å². The minimum absolute atomic E-state index is 0.0537. The molecule has 0 aliphatic heterocycles. The molecule has 0 aliphatic carbocycles. The topological polar surface area (TPSA) is 26.3 Å². The Hall–Kier alpha value is -1.82. The van der Waals surface area contributed by atoms with Crippen LogP contribution in [0, 0.1) is 18.2 Å². The fourth-order valence-corrected chi connectivity index (χ4v) is 1.21. The van der Waals surface area contributed by atoms with E-state index < -0.39 is 11.8 Å². The Bertz CT molecular complexity index is 405. The molecule has 0 bridgehead atoms. The quantitative estimate of drug-likeness (QED) is 0.559. The van der Waals surface area contributed by atoms with Crippen LogP contribution in [0.5, 0.6) is 0 Å². The first-order valence-electron chi connectivity index (χ1n) is 4.49. The van der Waals surface area contributed by atoms with Gasteiger partial charge >= 0.3 is 5.97 Å². The second-order valence-electron chi connectivity index (χ2n) is 3.01. The standard InChI is InChI=1S/C12H11FO2/c1-3-4-5-9-6-7-10(11(13)8-9)12(14)15-2/h1,6-8H,4-5H2,2H3. The van der Waals surface area contributed by atoms with Crippen LogP contribution in [0.4, 0.5) is 4.39 Å². The van der Waals surface area contributed by atoms with Crippen LogP contribution in [0.15, 0.2) is 18.2 Å². The Balaban J connectivity index is 2.89. The molecule has 0 unspecified atom stereocenters. The zero-order chi connectivity index (χ0) is 11.3. The van der Waals surface area contributed by atoms with Crippen molar-refractivity contribution in [2.45, 2.75) is 12.8 Å². The van der Waals surface area contributed by atoms with Crippen molar-refractivity contribution in [1.82, 2.24) is 0 Å². The Morgan fingerprint density at radius 3 is 2.87 bits per heavy atom. The molecule has 0 fully saturated rings. The average molecular weight is 206 g/mol. The Labute approximate surface area is 88.1 Å². The molecule has 0 N–H and O–H groups in total. The highest BCUT2D eigenvalue weighted by Gasteiger charge is 2.11. The molecule has 1 aromatic rings. The maximum atomic E-state index is 13.4. The summed E-state index contributed by atoms with van der Waals surface area (Å²) in [5.41, 5.74) is 0.722. The lowest BCUT2D eigenvalue weighted by molar-refractivity contribution is 0.0595. The monoisotopic (exact) mass is 206 g/mol. The largest absolute Gasteiger partial charge is 0.465 e. The normalized spacial score (nSPS) is 9.40. The van der Waals surface area contributed by atoms with E-state index in [0.29, 0.717) is 12.8 Å². The number of rotatable bonds is 3. The summed E-state index contributed by atoms with van der Waals surface area (Å²) in [6, 6.07) is 4.39. The van der Waals surface area contributed by atoms with Gasteiger partial charge in [0.05, 0.1) is 12.7 Å². The van der Waals surface area contributed by atoms with E-state index in [1.807, 2.05) is 0 Å². The van der Waals surface area contributed by atoms with E-state index in [9.17, 15) is 9.18 Å². The van der Waals surface area contributed by atoms with E-state index in [1.165, 1.54) is 19.2 Å². The molecule has 0 amide bonds. The molecular weight excluding hydrogens is 195 g/mol. The maximum absolute atomic E-state index is 13.4. The first kappa shape index (κ1) is 11.3. The highest BCUT2D eigenvalue weighted by atomic mass is 19.1. The smallest absolute Gasteiger partial charge is 0.340 e. The summed E-state index contributed by atoms with van der Waals surface area (Å²) in [5.74, 6) is 1.23. The van der Waals surface area contributed by atoms with Crippen molar-refractivity contribution in [3.8, 4) is 12.3 Å². The summed E-state index contributed by atoms with van der Waals surface area (Å²) in [6.45, 7) is 0. The highest BCUT2D eigenvalue weighted by Crippen LogP contribution is 2.12. The van der Waals surface area contributed by atoms with Gasteiger partial charge in [-0.15, -0.1) is 12.3 Å². The molecule has 1 rings (SSSR count). The van der Waals surface area contributed by atoms with Gasteiger partial charge in [-0.1, -0.05) is 6.07 Å². The lowest BCUT2D eigenvalue weighted by Gasteiger charge is -2.03. The van der Waals surface area contributed by atoms with E-state index in [4.69, 9.17) is 6.42 Å². The van der Waals surface area contributed by atoms with Gasteiger partial charge in [-0.05, 0) is 24.1 Å². The van der Waals surface area contributed by atoms with Crippen LogP contribution in [0.25, 0.3) is 0 Å².